The highest BCUT2D eigenvalue weighted by Gasteiger charge is 2.22. The Morgan fingerprint density at radius 3 is 2.83 bits per heavy atom. The zero-order valence-electron chi connectivity index (χ0n) is 7.03. The summed E-state index contributed by atoms with van der Waals surface area (Å²) in [4.78, 5) is 11.0. The maximum Gasteiger partial charge on any atom is 0.309 e. The molecule has 0 saturated carbocycles. The largest absolute Gasteiger partial charge is 0.469 e. The van der Waals surface area contributed by atoms with Gasteiger partial charge in [-0.25, -0.2) is 0 Å². The van der Waals surface area contributed by atoms with Crippen molar-refractivity contribution < 1.29 is 9.53 Å². The van der Waals surface area contributed by atoms with E-state index in [2.05, 4.69) is 4.74 Å². The Balaban J connectivity index is 0.00000121. The third-order valence-corrected chi connectivity index (χ3v) is 1.90. The molecule has 2 N–H and O–H groups in total. The number of rotatable bonds is 1. The fraction of sp³-hybridized carbons (Fsp3) is 0.625. The van der Waals surface area contributed by atoms with Crippen molar-refractivity contribution in [2.45, 2.75) is 18.9 Å². The number of ether oxygens (including phenoxy) is 1. The summed E-state index contributed by atoms with van der Waals surface area (Å²) in [5, 5.41) is 0. The van der Waals surface area contributed by atoms with E-state index in [9.17, 15) is 4.79 Å². The third kappa shape index (κ3) is 2.83. The molecule has 1 aliphatic carbocycles. The third-order valence-electron chi connectivity index (χ3n) is 1.90. The van der Waals surface area contributed by atoms with E-state index in [0.29, 0.717) is 6.42 Å². The number of allylic oxidation sites excluding steroid dienone is 1. The van der Waals surface area contributed by atoms with E-state index in [-0.39, 0.29) is 30.3 Å². The minimum atomic E-state index is -0.148. The van der Waals surface area contributed by atoms with Crippen molar-refractivity contribution in [2.75, 3.05) is 7.11 Å². The van der Waals surface area contributed by atoms with Crippen LogP contribution in [0.3, 0.4) is 0 Å². The average molecular weight is 192 g/mol. The number of halogens is 1. The summed E-state index contributed by atoms with van der Waals surface area (Å²) in [7, 11) is 1.41. The Morgan fingerprint density at radius 1 is 1.67 bits per heavy atom. The molecule has 3 nitrogen and oxygen atoms in total. The van der Waals surface area contributed by atoms with Crippen molar-refractivity contribution in [3.63, 3.8) is 0 Å². The predicted molar refractivity (Wildman–Crippen MR) is 49.1 cm³/mol. The Labute approximate surface area is 78.4 Å². The number of nitrogens with two attached hydrogens (primary N) is 1. The first kappa shape index (κ1) is 11.5. The van der Waals surface area contributed by atoms with Gasteiger partial charge in [0.15, 0.2) is 0 Å². The molecular formula is C8H14ClNO2. The van der Waals surface area contributed by atoms with E-state index in [1.165, 1.54) is 7.11 Å². The monoisotopic (exact) mass is 191 g/mol. The maximum absolute atomic E-state index is 11.0. The van der Waals surface area contributed by atoms with E-state index in [4.69, 9.17) is 5.73 Å². The number of carbonyl (C=O) groups is 1. The molecule has 1 aliphatic rings. The molecule has 0 heterocycles. The Kier molecular flexibility index (Phi) is 4.93. The molecule has 2 atom stereocenters. The van der Waals surface area contributed by atoms with Crippen LogP contribution in [0.15, 0.2) is 12.2 Å². The van der Waals surface area contributed by atoms with Crippen LogP contribution in [0, 0.1) is 5.92 Å². The summed E-state index contributed by atoms with van der Waals surface area (Å²) >= 11 is 0. The van der Waals surface area contributed by atoms with Crippen LogP contribution in [-0.2, 0) is 9.53 Å². The zero-order valence-corrected chi connectivity index (χ0v) is 7.84. The van der Waals surface area contributed by atoms with Crippen molar-refractivity contribution in [3.8, 4) is 0 Å². The van der Waals surface area contributed by atoms with Gasteiger partial charge in [0, 0.05) is 6.04 Å². The minimum Gasteiger partial charge on any atom is -0.469 e. The number of hydrogen-bond acceptors (Lipinski definition) is 3. The highest BCUT2D eigenvalue weighted by Crippen LogP contribution is 2.18. The van der Waals surface area contributed by atoms with Gasteiger partial charge in [-0.2, -0.15) is 0 Å². The van der Waals surface area contributed by atoms with Crippen LogP contribution >= 0.6 is 12.4 Å². The number of carbonyl (C=O) groups excluding carboxylic acids is 1. The number of esters is 1. The van der Waals surface area contributed by atoms with Crippen molar-refractivity contribution in [3.05, 3.63) is 12.2 Å². The topological polar surface area (TPSA) is 52.3 Å². The summed E-state index contributed by atoms with van der Waals surface area (Å²) in [5.74, 6) is -0.176. The molecule has 0 aromatic heterocycles. The highest BCUT2D eigenvalue weighted by molar-refractivity contribution is 5.85. The lowest BCUT2D eigenvalue weighted by Gasteiger charge is -2.19. The summed E-state index contributed by atoms with van der Waals surface area (Å²) in [6.07, 6.45) is 5.35. The van der Waals surface area contributed by atoms with Gasteiger partial charge in [-0.1, -0.05) is 12.2 Å². The lowest BCUT2D eigenvalue weighted by Crippen LogP contribution is -2.28. The van der Waals surface area contributed by atoms with E-state index >= 15 is 0 Å². The van der Waals surface area contributed by atoms with Gasteiger partial charge in [-0.3, -0.25) is 4.79 Å². The quantitative estimate of drug-likeness (QED) is 0.495. The summed E-state index contributed by atoms with van der Waals surface area (Å²) in [5.41, 5.74) is 5.62. The lowest BCUT2D eigenvalue weighted by atomic mass is 9.92. The van der Waals surface area contributed by atoms with Crippen LogP contribution in [0.1, 0.15) is 12.8 Å². The van der Waals surface area contributed by atoms with Crippen LogP contribution in [0.2, 0.25) is 0 Å². The molecule has 0 aliphatic heterocycles. The van der Waals surface area contributed by atoms with Crippen LogP contribution in [-0.4, -0.2) is 19.1 Å². The van der Waals surface area contributed by atoms with Gasteiger partial charge in [-0.15, -0.1) is 12.4 Å². The van der Waals surface area contributed by atoms with Gasteiger partial charge in [0.1, 0.15) is 0 Å². The second-order valence-electron chi connectivity index (χ2n) is 2.78. The first-order chi connectivity index (χ1) is 5.24. The second-order valence-corrected chi connectivity index (χ2v) is 2.78. The van der Waals surface area contributed by atoms with Gasteiger partial charge >= 0.3 is 5.97 Å². The van der Waals surface area contributed by atoms with E-state index in [1.54, 1.807) is 0 Å². The van der Waals surface area contributed by atoms with Crippen LogP contribution in [0.25, 0.3) is 0 Å². The van der Waals surface area contributed by atoms with Gasteiger partial charge in [0.05, 0.1) is 13.0 Å². The van der Waals surface area contributed by atoms with Crippen molar-refractivity contribution in [1.82, 2.24) is 0 Å². The van der Waals surface area contributed by atoms with Crippen molar-refractivity contribution >= 4 is 18.4 Å². The minimum absolute atomic E-state index is 0. The highest BCUT2D eigenvalue weighted by atomic mass is 35.5. The van der Waals surface area contributed by atoms with E-state index < -0.39 is 0 Å². The standard InChI is InChI=1S/C8H13NO2.ClH/c1-11-8(10)6-3-2-4-7(9)5-6;/h2,4,6-7H,3,5,9H2,1H3;1H/t6-,7-;/m1./s1. The molecule has 0 radical (unpaired) electrons. The molecule has 12 heavy (non-hydrogen) atoms. The Bertz CT molecular complexity index is 182. The first-order valence-corrected chi connectivity index (χ1v) is 3.74. The molecule has 0 amide bonds. The average Bonchev–Trinajstić information content (AvgIpc) is 2.03. The van der Waals surface area contributed by atoms with E-state index in [1.807, 2.05) is 12.2 Å². The molecular weight excluding hydrogens is 178 g/mol. The van der Waals surface area contributed by atoms with Crippen LogP contribution < -0.4 is 5.73 Å². The summed E-state index contributed by atoms with van der Waals surface area (Å²) < 4.78 is 4.61. The Morgan fingerprint density at radius 2 is 2.33 bits per heavy atom. The van der Waals surface area contributed by atoms with Crippen LogP contribution in [0.4, 0.5) is 0 Å². The SMILES string of the molecule is COC(=O)[C@@H]1CC=C[C@@H](N)C1.Cl. The Hall–Kier alpha value is -0.540. The van der Waals surface area contributed by atoms with Crippen molar-refractivity contribution in [2.24, 2.45) is 11.7 Å². The molecule has 0 aromatic carbocycles. The number of methoxy groups -OCH3 is 1. The fourth-order valence-electron chi connectivity index (χ4n) is 1.28. The molecule has 0 unspecified atom stereocenters. The van der Waals surface area contributed by atoms with E-state index in [0.717, 1.165) is 6.42 Å². The zero-order chi connectivity index (χ0) is 8.27. The summed E-state index contributed by atoms with van der Waals surface area (Å²) in [6.45, 7) is 0. The molecule has 0 aromatic rings. The molecule has 1 rings (SSSR count). The molecule has 0 bridgehead atoms. The smallest absolute Gasteiger partial charge is 0.309 e. The van der Waals surface area contributed by atoms with Gasteiger partial charge in [0.25, 0.3) is 0 Å². The second kappa shape index (κ2) is 5.17. The maximum atomic E-state index is 11.0. The number of hydrogen-bond donors (Lipinski definition) is 1. The first-order valence-electron chi connectivity index (χ1n) is 3.74. The molecule has 0 spiro atoms. The summed E-state index contributed by atoms with van der Waals surface area (Å²) in [6, 6.07) is 0.0212. The van der Waals surface area contributed by atoms with Gasteiger partial charge in [0.2, 0.25) is 0 Å². The van der Waals surface area contributed by atoms with Crippen molar-refractivity contribution in [1.29, 1.82) is 0 Å². The molecule has 4 heteroatoms. The normalized spacial score (nSPS) is 27.5. The molecule has 0 fully saturated rings. The van der Waals surface area contributed by atoms with Gasteiger partial charge < -0.3 is 10.5 Å². The predicted octanol–water partition coefficient (Wildman–Crippen LogP) is 0.875. The fourth-order valence-corrected chi connectivity index (χ4v) is 1.28. The lowest BCUT2D eigenvalue weighted by molar-refractivity contribution is -0.145. The van der Waals surface area contributed by atoms with Gasteiger partial charge in [-0.05, 0) is 12.8 Å². The molecule has 70 valence electrons. The molecule has 0 saturated heterocycles. The van der Waals surface area contributed by atoms with Crippen LogP contribution in [0.5, 0.6) is 0 Å².